The third kappa shape index (κ3) is 10.9. The maximum atomic E-state index is 9.95. The lowest BCUT2D eigenvalue weighted by Crippen LogP contribution is -2.51. The topological polar surface area (TPSA) is 91.1 Å². The van der Waals surface area contributed by atoms with E-state index < -0.39 is 0 Å². The molecule has 8 nitrogen and oxygen atoms in total. The Balaban J connectivity index is 1.61. The number of nitriles is 1. The molecule has 2 fully saturated rings. The molecule has 0 bridgehead atoms. The van der Waals surface area contributed by atoms with Crippen LogP contribution >= 0.6 is 0 Å². The van der Waals surface area contributed by atoms with Gasteiger partial charge in [-0.2, -0.15) is 5.26 Å². The Morgan fingerprint density at radius 1 is 1.28 bits per heavy atom. The SMILES string of the molecule is C=C/C(CC/C=C(/C#N)C(OC1CCOCC1)=C(C)C)=C(/N=C\C)NCC1(C)C=CC(CN(CCNC)C2COC2)=CC1. The van der Waals surface area contributed by atoms with Crippen LogP contribution < -0.4 is 10.6 Å². The van der Waals surface area contributed by atoms with Crippen molar-refractivity contribution in [3.63, 3.8) is 0 Å². The first kappa shape index (κ1) is 34.5. The van der Waals surface area contributed by atoms with Gasteiger partial charge in [-0.15, -0.1) is 0 Å². The Kier molecular flexibility index (Phi) is 14.4. The molecule has 2 N–H and O–H groups in total. The van der Waals surface area contributed by atoms with Crippen LogP contribution in [0.15, 0.2) is 75.8 Å². The summed E-state index contributed by atoms with van der Waals surface area (Å²) in [6, 6.07) is 2.88. The van der Waals surface area contributed by atoms with E-state index in [4.69, 9.17) is 14.2 Å². The predicted molar refractivity (Wildman–Crippen MR) is 176 cm³/mol. The molecule has 1 atom stereocenters. The van der Waals surface area contributed by atoms with E-state index in [1.165, 1.54) is 5.57 Å². The number of ether oxygens (including phenoxy) is 3. The van der Waals surface area contributed by atoms with Gasteiger partial charge in [0.05, 0.1) is 38.0 Å². The second-order valence-corrected chi connectivity index (χ2v) is 12.1. The van der Waals surface area contributed by atoms with Crippen LogP contribution in [0, 0.1) is 16.7 Å². The van der Waals surface area contributed by atoms with Crippen LogP contribution in [0.25, 0.3) is 0 Å². The first-order valence-electron chi connectivity index (χ1n) is 15.8. The van der Waals surface area contributed by atoms with Crippen molar-refractivity contribution in [2.45, 2.75) is 71.9 Å². The van der Waals surface area contributed by atoms with Gasteiger partial charge >= 0.3 is 0 Å². The standard InChI is InChI=1S/C35H53N5O3/c1-7-29(10-9-11-30(22-36)33(27(3)4)43-32-14-20-41-21-15-32)34(38-8-2)39-26-35(5)16-12-28(13-17-35)23-40(19-18-37-6)31-24-42-25-31/h7-8,11-13,16,31-32,37,39H,1,9-10,14-15,17-21,23-26H2,2-6H3/b30-11-,34-29+,38-8-. The van der Waals surface area contributed by atoms with Crippen molar-refractivity contribution in [2.24, 2.45) is 10.4 Å². The molecule has 0 amide bonds. The van der Waals surface area contributed by atoms with Gasteiger partial charge in [-0.3, -0.25) is 4.90 Å². The molecule has 1 aliphatic carbocycles. The lowest BCUT2D eigenvalue weighted by molar-refractivity contribution is -0.0610. The molecule has 1 unspecified atom stereocenters. The Labute approximate surface area is 259 Å². The van der Waals surface area contributed by atoms with Crippen LogP contribution in [0.1, 0.15) is 59.8 Å². The van der Waals surface area contributed by atoms with Crippen molar-refractivity contribution in [1.29, 1.82) is 5.26 Å². The third-order valence-corrected chi connectivity index (χ3v) is 8.20. The minimum absolute atomic E-state index is 0.0204. The van der Waals surface area contributed by atoms with Crippen molar-refractivity contribution in [3.05, 3.63) is 70.8 Å². The largest absolute Gasteiger partial charge is 0.489 e. The van der Waals surface area contributed by atoms with E-state index in [0.29, 0.717) is 43.4 Å². The van der Waals surface area contributed by atoms with Crippen molar-refractivity contribution >= 4 is 6.21 Å². The summed E-state index contributed by atoms with van der Waals surface area (Å²) in [5, 5.41) is 16.8. The molecule has 2 saturated heterocycles. The Bertz CT molecular complexity index is 1140. The average Bonchev–Trinajstić information content (AvgIpc) is 2.98. The van der Waals surface area contributed by atoms with Gasteiger partial charge in [0.1, 0.15) is 23.8 Å². The van der Waals surface area contributed by atoms with E-state index in [-0.39, 0.29) is 11.5 Å². The predicted octanol–water partition coefficient (Wildman–Crippen LogP) is 5.60. The normalized spacial score (nSPS) is 22.1. The first-order chi connectivity index (χ1) is 20.8. The quantitative estimate of drug-likeness (QED) is 0.0985. The zero-order chi connectivity index (χ0) is 31.1. The fourth-order valence-electron chi connectivity index (χ4n) is 5.32. The molecular weight excluding hydrogens is 538 g/mol. The second-order valence-electron chi connectivity index (χ2n) is 12.1. The highest BCUT2D eigenvalue weighted by Gasteiger charge is 2.28. The van der Waals surface area contributed by atoms with Crippen LogP contribution in [0.3, 0.4) is 0 Å². The highest BCUT2D eigenvalue weighted by Crippen LogP contribution is 2.30. The molecule has 2 aliphatic heterocycles. The van der Waals surface area contributed by atoms with Crippen LogP contribution in [0.2, 0.25) is 0 Å². The Morgan fingerprint density at radius 3 is 2.60 bits per heavy atom. The number of hydrogen-bond donors (Lipinski definition) is 2. The Morgan fingerprint density at radius 2 is 2.05 bits per heavy atom. The van der Waals surface area contributed by atoms with Gasteiger partial charge in [0.25, 0.3) is 0 Å². The number of rotatable bonds is 17. The van der Waals surface area contributed by atoms with E-state index >= 15 is 0 Å². The minimum Gasteiger partial charge on any atom is -0.489 e. The molecule has 236 valence electrons. The average molecular weight is 592 g/mol. The van der Waals surface area contributed by atoms with Gasteiger partial charge in [0.2, 0.25) is 0 Å². The van der Waals surface area contributed by atoms with Crippen molar-refractivity contribution in [3.8, 4) is 6.07 Å². The van der Waals surface area contributed by atoms with Crippen molar-refractivity contribution in [2.75, 3.05) is 59.7 Å². The lowest BCUT2D eigenvalue weighted by atomic mass is 9.81. The van der Waals surface area contributed by atoms with Crippen LogP contribution in [0.5, 0.6) is 0 Å². The van der Waals surface area contributed by atoms with Crippen molar-refractivity contribution < 1.29 is 14.2 Å². The summed E-state index contributed by atoms with van der Waals surface area (Å²) in [5.41, 5.74) is 3.96. The maximum absolute atomic E-state index is 9.95. The molecule has 3 rings (SSSR count). The fraction of sp³-hybridized carbons (Fsp3) is 0.600. The monoisotopic (exact) mass is 591 g/mol. The maximum Gasteiger partial charge on any atom is 0.135 e. The molecule has 0 saturated carbocycles. The summed E-state index contributed by atoms with van der Waals surface area (Å²) >= 11 is 0. The van der Waals surface area contributed by atoms with Gasteiger partial charge in [-0.1, -0.05) is 43.9 Å². The van der Waals surface area contributed by atoms with E-state index in [9.17, 15) is 5.26 Å². The van der Waals surface area contributed by atoms with E-state index in [1.807, 2.05) is 46.2 Å². The first-order valence-corrected chi connectivity index (χ1v) is 15.8. The molecule has 3 aliphatic rings. The van der Waals surface area contributed by atoms with E-state index in [0.717, 1.165) is 75.6 Å². The summed E-state index contributed by atoms with van der Waals surface area (Å²) in [6.45, 7) is 19.0. The second kappa shape index (κ2) is 18.0. The highest BCUT2D eigenvalue weighted by molar-refractivity contribution is 5.55. The third-order valence-electron chi connectivity index (χ3n) is 8.20. The number of likely N-dealkylation sites (N-methyl/N-ethyl adjacent to an activating group) is 1. The van der Waals surface area contributed by atoms with Gasteiger partial charge in [0.15, 0.2) is 0 Å². The summed E-state index contributed by atoms with van der Waals surface area (Å²) < 4.78 is 17.2. The van der Waals surface area contributed by atoms with Crippen molar-refractivity contribution in [1.82, 2.24) is 15.5 Å². The van der Waals surface area contributed by atoms with Gasteiger partial charge in [0, 0.05) is 50.7 Å². The number of nitrogens with zero attached hydrogens (tertiary/aromatic N) is 3. The fourth-order valence-corrected chi connectivity index (χ4v) is 5.32. The molecule has 0 aromatic heterocycles. The van der Waals surface area contributed by atoms with Crippen LogP contribution in [-0.2, 0) is 14.2 Å². The van der Waals surface area contributed by atoms with Gasteiger partial charge in [-0.25, -0.2) is 4.99 Å². The zero-order valence-electron chi connectivity index (χ0n) is 27.1. The summed E-state index contributed by atoms with van der Waals surface area (Å²) in [4.78, 5) is 7.19. The Hall–Kier alpha value is -2.96. The van der Waals surface area contributed by atoms with E-state index in [1.54, 1.807) is 0 Å². The molecule has 0 spiro atoms. The number of nitrogens with one attached hydrogen (secondary N) is 2. The minimum atomic E-state index is -0.0204. The lowest BCUT2D eigenvalue weighted by Gasteiger charge is -2.38. The number of hydrogen-bond acceptors (Lipinski definition) is 8. The highest BCUT2D eigenvalue weighted by atomic mass is 16.5. The van der Waals surface area contributed by atoms with E-state index in [2.05, 4.69) is 58.3 Å². The van der Waals surface area contributed by atoms with Gasteiger partial charge in [-0.05, 0) is 63.8 Å². The molecule has 43 heavy (non-hydrogen) atoms. The molecular formula is C35H53N5O3. The molecule has 0 radical (unpaired) electrons. The molecule has 0 aromatic rings. The molecule has 2 heterocycles. The zero-order valence-corrected chi connectivity index (χ0v) is 27.1. The summed E-state index contributed by atoms with van der Waals surface area (Å²) in [5.74, 6) is 1.52. The molecule has 0 aromatic carbocycles. The number of aliphatic imine (C=N–C) groups is 1. The summed E-state index contributed by atoms with van der Waals surface area (Å²) in [6.07, 6.45) is 16.8. The van der Waals surface area contributed by atoms with Crippen LogP contribution in [0.4, 0.5) is 0 Å². The van der Waals surface area contributed by atoms with Gasteiger partial charge < -0.3 is 24.8 Å². The number of allylic oxidation sites excluding steroid dienone is 6. The van der Waals surface area contributed by atoms with Crippen LogP contribution in [-0.4, -0.2) is 82.9 Å². The summed E-state index contributed by atoms with van der Waals surface area (Å²) in [7, 11) is 2.00. The smallest absolute Gasteiger partial charge is 0.135 e. The molecule has 8 heteroatoms.